The second-order valence-corrected chi connectivity index (χ2v) is 4.62. The summed E-state index contributed by atoms with van der Waals surface area (Å²) >= 11 is 1.63. The number of hydrogen-bond acceptors (Lipinski definition) is 5. The molecule has 1 aromatic carbocycles. The van der Waals surface area contributed by atoms with E-state index in [9.17, 15) is 0 Å². The van der Waals surface area contributed by atoms with Crippen LogP contribution in [-0.4, -0.2) is 12.1 Å². The molecule has 0 saturated carbocycles. The van der Waals surface area contributed by atoms with Crippen LogP contribution in [0.5, 0.6) is 5.75 Å². The molecule has 4 nitrogen and oxygen atoms in total. The molecule has 5 heteroatoms. The van der Waals surface area contributed by atoms with Crippen molar-refractivity contribution in [1.82, 2.24) is 4.98 Å². The normalized spacial score (nSPS) is 12.1. The number of anilines is 2. The Hall–Kier alpha value is -1.75. The maximum Gasteiger partial charge on any atom is 0.143 e. The Bertz CT molecular complexity index is 485. The molecule has 0 amide bonds. The van der Waals surface area contributed by atoms with Gasteiger partial charge in [0.1, 0.15) is 10.8 Å². The van der Waals surface area contributed by atoms with E-state index in [1.807, 2.05) is 29.8 Å². The summed E-state index contributed by atoms with van der Waals surface area (Å²) in [7, 11) is 1.61. The number of aromatic nitrogens is 1. The van der Waals surface area contributed by atoms with Crippen LogP contribution >= 0.6 is 11.3 Å². The number of nitrogens with two attached hydrogens (primary N) is 1. The fourth-order valence-corrected chi connectivity index (χ4v) is 2.21. The molecule has 0 aliphatic rings. The first-order chi connectivity index (χ1) is 8.20. The number of hydrogen-bond donors (Lipinski definition) is 2. The summed E-state index contributed by atoms with van der Waals surface area (Å²) in [6.07, 6.45) is 1.81. The van der Waals surface area contributed by atoms with Gasteiger partial charge in [0.05, 0.1) is 18.8 Å². The van der Waals surface area contributed by atoms with Crippen LogP contribution < -0.4 is 15.8 Å². The van der Waals surface area contributed by atoms with Crippen molar-refractivity contribution in [3.8, 4) is 5.75 Å². The fourth-order valence-electron chi connectivity index (χ4n) is 1.56. The molecule has 0 aliphatic heterocycles. The van der Waals surface area contributed by atoms with Crippen LogP contribution in [0.25, 0.3) is 0 Å². The van der Waals surface area contributed by atoms with Gasteiger partial charge < -0.3 is 15.8 Å². The van der Waals surface area contributed by atoms with E-state index >= 15 is 0 Å². The van der Waals surface area contributed by atoms with Crippen molar-refractivity contribution < 1.29 is 4.74 Å². The summed E-state index contributed by atoms with van der Waals surface area (Å²) in [6, 6.07) is 5.82. The summed E-state index contributed by atoms with van der Waals surface area (Å²) in [5.74, 6) is 0.682. The van der Waals surface area contributed by atoms with E-state index in [2.05, 4.69) is 17.2 Å². The van der Waals surface area contributed by atoms with Crippen LogP contribution in [0.15, 0.2) is 29.8 Å². The Morgan fingerprint density at radius 2 is 2.29 bits per heavy atom. The lowest BCUT2D eigenvalue weighted by Gasteiger charge is -2.14. The van der Waals surface area contributed by atoms with Crippen molar-refractivity contribution in [1.29, 1.82) is 0 Å². The molecule has 1 aromatic heterocycles. The van der Waals surface area contributed by atoms with Crippen LogP contribution in [0.2, 0.25) is 0 Å². The maximum absolute atomic E-state index is 5.76. The SMILES string of the molecule is COc1cc(NC(C)c2nccs2)ccc1N. The van der Waals surface area contributed by atoms with Crippen LogP contribution in [0.3, 0.4) is 0 Å². The van der Waals surface area contributed by atoms with Crippen molar-refractivity contribution in [3.63, 3.8) is 0 Å². The van der Waals surface area contributed by atoms with Crippen molar-refractivity contribution in [3.05, 3.63) is 34.8 Å². The van der Waals surface area contributed by atoms with Gasteiger partial charge in [-0.2, -0.15) is 0 Å². The second kappa shape index (κ2) is 5.05. The molecule has 0 aliphatic carbocycles. The standard InChI is InChI=1S/C12H15N3OS/c1-8(12-14-5-6-17-12)15-9-3-4-10(13)11(7-9)16-2/h3-8,15H,13H2,1-2H3. The lowest BCUT2D eigenvalue weighted by Crippen LogP contribution is -2.06. The molecule has 0 bridgehead atoms. The molecule has 0 radical (unpaired) electrons. The van der Waals surface area contributed by atoms with E-state index in [4.69, 9.17) is 10.5 Å². The average molecular weight is 249 g/mol. The number of rotatable bonds is 4. The van der Waals surface area contributed by atoms with E-state index in [0.29, 0.717) is 11.4 Å². The zero-order valence-corrected chi connectivity index (χ0v) is 10.6. The number of nitrogens with zero attached hydrogens (tertiary/aromatic N) is 1. The van der Waals surface area contributed by atoms with Gasteiger partial charge in [0.25, 0.3) is 0 Å². The van der Waals surface area contributed by atoms with Crippen LogP contribution in [0.4, 0.5) is 11.4 Å². The van der Waals surface area contributed by atoms with Gasteiger partial charge in [-0.3, -0.25) is 0 Å². The highest BCUT2D eigenvalue weighted by Gasteiger charge is 2.08. The Kier molecular flexibility index (Phi) is 3.49. The minimum Gasteiger partial charge on any atom is -0.495 e. The van der Waals surface area contributed by atoms with E-state index < -0.39 is 0 Å². The summed E-state index contributed by atoms with van der Waals surface area (Å²) in [5.41, 5.74) is 7.37. The maximum atomic E-state index is 5.76. The molecule has 0 saturated heterocycles. The second-order valence-electron chi connectivity index (χ2n) is 3.69. The number of nitrogens with one attached hydrogen (secondary N) is 1. The smallest absolute Gasteiger partial charge is 0.143 e. The van der Waals surface area contributed by atoms with Gasteiger partial charge in [-0.15, -0.1) is 11.3 Å². The summed E-state index contributed by atoms with van der Waals surface area (Å²) in [4.78, 5) is 4.27. The highest BCUT2D eigenvalue weighted by molar-refractivity contribution is 7.09. The van der Waals surface area contributed by atoms with Crippen molar-refractivity contribution in [2.75, 3.05) is 18.2 Å². The van der Waals surface area contributed by atoms with Crippen LogP contribution in [0.1, 0.15) is 18.0 Å². The molecule has 90 valence electrons. The minimum absolute atomic E-state index is 0.170. The number of methoxy groups -OCH3 is 1. The monoisotopic (exact) mass is 249 g/mol. The first-order valence-corrected chi connectivity index (χ1v) is 6.18. The van der Waals surface area contributed by atoms with E-state index in [0.717, 1.165) is 10.7 Å². The molecule has 2 aromatic rings. The Labute approximate surface area is 104 Å². The molecule has 3 N–H and O–H groups in total. The Morgan fingerprint density at radius 3 is 2.94 bits per heavy atom. The fraction of sp³-hybridized carbons (Fsp3) is 0.250. The Morgan fingerprint density at radius 1 is 1.47 bits per heavy atom. The summed E-state index contributed by atoms with van der Waals surface area (Å²) in [5, 5.41) is 6.38. The van der Waals surface area contributed by atoms with E-state index in [1.165, 1.54) is 0 Å². The lowest BCUT2D eigenvalue weighted by atomic mass is 10.2. The average Bonchev–Trinajstić information content (AvgIpc) is 2.85. The van der Waals surface area contributed by atoms with Gasteiger partial charge in [-0.05, 0) is 19.1 Å². The predicted molar refractivity (Wildman–Crippen MR) is 71.6 cm³/mol. The summed E-state index contributed by atoms with van der Waals surface area (Å²) in [6.45, 7) is 2.07. The van der Waals surface area contributed by atoms with Gasteiger partial charge in [0, 0.05) is 23.3 Å². The molecule has 0 spiro atoms. The minimum atomic E-state index is 0.170. The summed E-state index contributed by atoms with van der Waals surface area (Å²) < 4.78 is 5.18. The molecule has 0 fully saturated rings. The first-order valence-electron chi connectivity index (χ1n) is 5.30. The Balaban J connectivity index is 2.13. The number of ether oxygens (including phenoxy) is 1. The number of benzene rings is 1. The van der Waals surface area contributed by atoms with Gasteiger partial charge in [-0.1, -0.05) is 0 Å². The lowest BCUT2D eigenvalue weighted by molar-refractivity contribution is 0.417. The highest BCUT2D eigenvalue weighted by Crippen LogP contribution is 2.27. The van der Waals surface area contributed by atoms with Crippen molar-refractivity contribution >= 4 is 22.7 Å². The third kappa shape index (κ3) is 2.68. The van der Waals surface area contributed by atoms with E-state index in [-0.39, 0.29) is 6.04 Å². The molecule has 1 unspecified atom stereocenters. The molecule has 17 heavy (non-hydrogen) atoms. The van der Waals surface area contributed by atoms with Crippen molar-refractivity contribution in [2.45, 2.75) is 13.0 Å². The molecular formula is C12H15N3OS. The molecule has 1 heterocycles. The zero-order chi connectivity index (χ0) is 12.3. The van der Waals surface area contributed by atoms with Crippen LogP contribution in [0, 0.1) is 0 Å². The molecule has 1 atom stereocenters. The van der Waals surface area contributed by atoms with Gasteiger partial charge in [0.15, 0.2) is 0 Å². The third-order valence-corrected chi connectivity index (χ3v) is 3.40. The largest absolute Gasteiger partial charge is 0.495 e. The topological polar surface area (TPSA) is 60.2 Å². The molecule has 2 rings (SSSR count). The van der Waals surface area contributed by atoms with Gasteiger partial charge >= 0.3 is 0 Å². The van der Waals surface area contributed by atoms with Crippen molar-refractivity contribution in [2.24, 2.45) is 0 Å². The van der Waals surface area contributed by atoms with Gasteiger partial charge in [-0.25, -0.2) is 4.98 Å². The first kappa shape index (κ1) is 11.7. The third-order valence-electron chi connectivity index (χ3n) is 2.44. The highest BCUT2D eigenvalue weighted by atomic mass is 32.1. The number of nitrogen functional groups attached to an aromatic ring is 1. The quantitative estimate of drug-likeness (QED) is 0.818. The predicted octanol–water partition coefficient (Wildman–Crippen LogP) is 2.91. The number of thiazole rings is 1. The van der Waals surface area contributed by atoms with E-state index in [1.54, 1.807) is 18.4 Å². The molecular weight excluding hydrogens is 234 g/mol. The van der Waals surface area contributed by atoms with Gasteiger partial charge in [0.2, 0.25) is 0 Å². The zero-order valence-electron chi connectivity index (χ0n) is 9.81. The van der Waals surface area contributed by atoms with Crippen LogP contribution in [-0.2, 0) is 0 Å².